The quantitative estimate of drug-likeness (QED) is 0.647. The lowest BCUT2D eigenvalue weighted by Crippen LogP contribution is -2.43. The normalized spacial score (nSPS) is 12.8. The van der Waals surface area contributed by atoms with E-state index in [0.717, 1.165) is 24.4 Å². The third-order valence-electron chi connectivity index (χ3n) is 4.68. The second kappa shape index (κ2) is 7.31. The van der Waals surface area contributed by atoms with E-state index in [0.29, 0.717) is 5.56 Å². The first-order valence-electron chi connectivity index (χ1n) is 8.65. The van der Waals surface area contributed by atoms with Crippen LogP contribution in [0.1, 0.15) is 35.3 Å². The first-order valence-corrected chi connectivity index (χ1v) is 8.65. The minimum absolute atomic E-state index is 0.0659. The van der Waals surface area contributed by atoms with Crippen LogP contribution in [0.4, 0.5) is 17.6 Å². The first kappa shape index (κ1) is 20.5. The predicted octanol–water partition coefficient (Wildman–Crippen LogP) is 3.79. The molecule has 1 amide bonds. The van der Waals surface area contributed by atoms with Gasteiger partial charge in [0.25, 0.3) is 11.5 Å². The summed E-state index contributed by atoms with van der Waals surface area (Å²) in [6, 6.07) is 3.54. The number of nitrogens with one attached hydrogen (secondary N) is 2. The van der Waals surface area contributed by atoms with Crippen molar-refractivity contribution in [1.29, 1.82) is 0 Å². The van der Waals surface area contributed by atoms with Gasteiger partial charge in [-0.3, -0.25) is 14.6 Å². The minimum Gasteiger partial charge on any atom is -0.342 e. The fourth-order valence-corrected chi connectivity index (χ4v) is 3.28. The number of aromatic amines is 1. The first-order chi connectivity index (χ1) is 13.5. The fraction of sp³-hybridized carbons (Fsp3) is 0.250. The molecule has 1 atom stereocenters. The zero-order valence-corrected chi connectivity index (χ0v) is 15.7. The number of amides is 1. The van der Waals surface area contributed by atoms with Crippen molar-refractivity contribution >= 4 is 16.8 Å². The van der Waals surface area contributed by atoms with Crippen molar-refractivity contribution in [2.45, 2.75) is 32.7 Å². The van der Waals surface area contributed by atoms with Crippen LogP contribution in [0.15, 0.2) is 35.3 Å². The number of halogens is 4. The van der Waals surface area contributed by atoms with E-state index in [1.54, 1.807) is 0 Å². The van der Waals surface area contributed by atoms with E-state index < -0.39 is 40.6 Å². The maximum Gasteiger partial charge on any atom is 0.355 e. The van der Waals surface area contributed by atoms with Gasteiger partial charge in [0.1, 0.15) is 11.6 Å². The number of carbonyl (C=O) groups excluding carboxylic acids is 1. The molecule has 3 aromatic rings. The second-order valence-corrected chi connectivity index (χ2v) is 6.77. The van der Waals surface area contributed by atoms with Crippen molar-refractivity contribution in [2.24, 2.45) is 0 Å². The molecule has 0 spiro atoms. The maximum atomic E-state index is 14.9. The Labute approximate surface area is 162 Å². The van der Waals surface area contributed by atoms with Crippen LogP contribution in [0.25, 0.3) is 10.9 Å². The molecule has 152 valence electrons. The molecule has 2 heterocycles. The van der Waals surface area contributed by atoms with Crippen molar-refractivity contribution in [2.75, 3.05) is 0 Å². The average Bonchev–Trinajstić information content (AvgIpc) is 2.62. The fourth-order valence-electron chi connectivity index (χ4n) is 3.28. The monoisotopic (exact) mass is 407 g/mol. The summed E-state index contributed by atoms with van der Waals surface area (Å²) >= 11 is 0. The number of aromatic nitrogens is 2. The standard InChI is InChI=1S/C20H17F4N3O2/c1-9-6-13(22)8-25-17(9)11(3)26-19(29)20(23,24)16-10(2)14-7-12(21)4-5-15(14)27-18(16)28/h4-8,11H,1-3H3,(H,26,29)(H,27,28)/t11-/m1/s1. The lowest BCUT2D eigenvalue weighted by atomic mass is 9.99. The van der Waals surface area contributed by atoms with E-state index in [1.807, 2.05) is 0 Å². The van der Waals surface area contributed by atoms with Gasteiger partial charge in [0.2, 0.25) is 0 Å². The highest BCUT2D eigenvalue weighted by atomic mass is 19.3. The van der Waals surface area contributed by atoms with Crippen molar-refractivity contribution in [3.8, 4) is 0 Å². The second-order valence-electron chi connectivity index (χ2n) is 6.77. The van der Waals surface area contributed by atoms with Gasteiger partial charge in [-0.25, -0.2) is 8.78 Å². The highest BCUT2D eigenvalue weighted by molar-refractivity contribution is 5.89. The molecule has 2 N–H and O–H groups in total. The van der Waals surface area contributed by atoms with Gasteiger partial charge in [-0.2, -0.15) is 8.78 Å². The van der Waals surface area contributed by atoms with Crippen molar-refractivity contribution in [3.63, 3.8) is 0 Å². The summed E-state index contributed by atoms with van der Waals surface area (Å²) in [5.74, 6) is -7.18. The number of aryl methyl sites for hydroxylation is 2. The molecule has 0 fully saturated rings. The van der Waals surface area contributed by atoms with Gasteiger partial charge in [-0.15, -0.1) is 0 Å². The van der Waals surface area contributed by atoms with Gasteiger partial charge in [0.15, 0.2) is 0 Å². The highest BCUT2D eigenvalue weighted by Crippen LogP contribution is 2.32. The number of rotatable bonds is 4. The minimum atomic E-state index is -4.19. The number of benzene rings is 1. The number of hydrogen-bond donors (Lipinski definition) is 2. The largest absolute Gasteiger partial charge is 0.355 e. The molecule has 0 aliphatic carbocycles. The summed E-state index contributed by atoms with van der Waals surface area (Å²) in [4.78, 5) is 30.7. The van der Waals surface area contributed by atoms with Gasteiger partial charge in [-0.1, -0.05) is 0 Å². The lowest BCUT2D eigenvalue weighted by Gasteiger charge is -2.22. The van der Waals surface area contributed by atoms with E-state index in [9.17, 15) is 27.2 Å². The summed E-state index contributed by atoms with van der Waals surface area (Å²) < 4.78 is 56.6. The van der Waals surface area contributed by atoms with E-state index in [2.05, 4.69) is 15.3 Å². The van der Waals surface area contributed by atoms with E-state index in [4.69, 9.17) is 0 Å². The topological polar surface area (TPSA) is 74.8 Å². The Hall–Kier alpha value is -3.23. The molecular formula is C20H17F4N3O2. The zero-order chi connectivity index (χ0) is 21.5. The molecule has 0 saturated heterocycles. The van der Waals surface area contributed by atoms with Crippen LogP contribution in [0, 0.1) is 25.5 Å². The summed E-state index contributed by atoms with van der Waals surface area (Å²) in [5, 5.41) is 2.17. The Kier molecular flexibility index (Phi) is 5.16. The molecule has 0 aliphatic rings. The molecule has 5 nitrogen and oxygen atoms in total. The number of pyridine rings is 2. The van der Waals surface area contributed by atoms with Crippen molar-refractivity contribution < 1.29 is 22.4 Å². The van der Waals surface area contributed by atoms with Crippen LogP contribution < -0.4 is 10.9 Å². The number of alkyl halides is 2. The molecule has 0 unspecified atom stereocenters. The van der Waals surface area contributed by atoms with Gasteiger partial charge < -0.3 is 10.3 Å². The Morgan fingerprint density at radius 3 is 2.52 bits per heavy atom. The Balaban J connectivity index is 1.99. The van der Waals surface area contributed by atoms with Gasteiger partial charge in [-0.05, 0) is 56.2 Å². The summed E-state index contributed by atoms with van der Waals surface area (Å²) in [5.41, 5.74) is -1.66. The molecule has 1 aromatic carbocycles. The molecule has 0 saturated carbocycles. The SMILES string of the molecule is Cc1cc(F)cnc1[C@@H](C)NC(=O)C(F)(F)c1c(C)c2cc(F)ccc2[nH]c1=O. The van der Waals surface area contributed by atoms with Crippen LogP contribution in [0.5, 0.6) is 0 Å². The predicted molar refractivity (Wildman–Crippen MR) is 98.6 cm³/mol. The van der Waals surface area contributed by atoms with E-state index in [-0.39, 0.29) is 22.2 Å². The van der Waals surface area contributed by atoms with Crippen molar-refractivity contribution in [1.82, 2.24) is 15.3 Å². The number of H-pyrrole nitrogens is 1. The van der Waals surface area contributed by atoms with Crippen LogP contribution >= 0.6 is 0 Å². The summed E-state index contributed by atoms with van der Waals surface area (Å²) in [7, 11) is 0. The molecule has 0 radical (unpaired) electrons. The molecule has 2 aromatic heterocycles. The number of hydrogen-bond acceptors (Lipinski definition) is 3. The maximum absolute atomic E-state index is 14.9. The van der Waals surface area contributed by atoms with Crippen LogP contribution in [-0.4, -0.2) is 15.9 Å². The molecule has 0 bridgehead atoms. The van der Waals surface area contributed by atoms with Gasteiger partial charge in [0, 0.05) is 10.9 Å². The Bertz CT molecular complexity index is 1170. The van der Waals surface area contributed by atoms with Crippen LogP contribution in [0.2, 0.25) is 0 Å². The average molecular weight is 407 g/mol. The number of nitrogens with zero attached hydrogens (tertiary/aromatic N) is 1. The Morgan fingerprint density at radius 1 is 1.17 bits per heavy atom. The highest BCUT2D eigenvalue weighted by Gasteiger charge is 2.45. The Morgan fingerprint density at radius 2 is 1.86 bits per heavy atom. The van der Waals surface area contributed by atoms with Gasteiger partial charge >= 0.3 is 5.92 Å². The molecule has 29 heavy (non-hydrogen) atoms. The van der Waals surface area contributed by atoms with E-state index >= 15 is 0 Å². The summed E-state index contributed by atoms with van der Waals surface area (Å²) in [6.07, 6.45) is 0.913. The van der Waals surface area contributed by atoms with E-state index in [1.165, 1.54) is 26.8 Å². The third kappa shape index (κ3) is 3.72. The number of carbonyl (C=O) groups is 1. The molecule has 9 heteroatoms. The van der Waals surface area contributed by atoms with Crippen LogP contribution in [0.3, 0.4) is 0 Å². The number of fused-ring (bicyclic) bond motifs is 1. The lowest BCUT2D eigenvalue weighted by molar-refractivity contribution is -0.148. The van der Waals surface area contributed by atoms with Gasteiger partial charge in [0.05, 0.1) is 23.5 Å². The van der Waals surface area contributed by atoms with Crippen LogP contribution in [-0.2, 0) is 10.7 Å². The molecular weight excluding hydrogens is 390 g/mol. The molecule has 0 aliphatic heterocycles. The smallest absolute Gasteiger partial charge is 0.342 e. The molecule has 3 rings (SSSR count). The third-order valence-corrected chi connectivity index (χ3v) is 4.68. The summed E-state index contributed by atoms with van der Waals surface area (Å²) in [6.45, 7) is 4.16. The zero-order valence-electron chi connectivity index (χ0n) is 15.7. The van der Waals surface area contributed by atoms with Crippen molar-refractivity contribution in [3.05, 3.63) is 74.8 Å².